The number of amides is 1. The Labute approximate surface area is 97.0 Å². The number of likely N-dealkylation sites (tertiary alicyclic amines) is 1. The number of hydrogen-bond acceptors (Lipinski definition) is 3. The molecule has 1 aliphatic rings. The number of nitrogens with two attached hydrogens (primary N) is 1. The zero-order valence-electron chi connectivity index (χ0n) is 8.43. The third-order valence-electron chi connectivity index (χ3n) is 2.43. The molecule has 0 aliphatic carbocycles. The molecule has 2 unspecified atom stereocenters. The minimum absolute atomic E-state index is 0. The van der Waals surface area contributed by atoms with Gasteiger partial charge in [-0.3, -0.25) is 4.79 Å². The SMILES string of the molecule is COC1CN(C)CCC1C(N)=O.Cl.Cl. The van der Waals surface area contributed by atoms with Gasteiger partial charge in [0, 0.05) is 13.7 Å². The van der Waals surface area contributed by atoms with Crippen LogP contribution in [-0.2, 0) is 9.53 Å². The van der Waals surface area contributed by atoms with Gasteiger partial charge in [0.25, 0.3) is 0 Å². The Morgan fingerprint density at radius 2 is 2.07 bits per heavy atom. The maximum absolute atomic E-state index is 11.0. The number of primary amides is 1. The second-order valence-corrected chi connectivity index (χ2v) is 3.33. The summed E-state index contributed by atoms with van der Waals surface area (Å²) in [5.41, 5.74) is 5.24. The smallest absolute Gasteiger partial charge is 0.223 e. The molecule has 1 amide bonds. The van der Waals surface area contributed by atoms with Crippen molar-refractivity contribution in [2.45, 2.75) is 12.5 Å². The molecule has 86 valence electrons. The van der Waals surface area contributed by atoms with E-state index in [0.717, 1.165) is 19.5 Å². The summed E-state index contributed by atoms with van der Waals surface area (Å²) >= 11 is 0. The lowest BCUT2D eigenvalue weighted by molar-refractivity contribution is -0.129. The minimum Gasteiger partial charge on any atom is -0.379 e. The molecule has 2 N–H and O–H groups in total. The fourth-order valence-corrected chi connectivity index (χ4v) is 1.64. The van der Waals surface area contributed by atoms with E-state index in [1.807, 2.05) is 7.05 Å². The quantitative estimate of drug-likeness (QED) is 0.760. The molecule has 1 rings (SSSR count). The van der Waals surface area contributed by atoms with Crippen molar-refractivity contribution in [1.82, 2.24) is 4.90 Å². The molecule has 2 atom stereocenters. The van der Waals surface area contributed by atoms with Gasteiger partial charge in [-0.1, -0.05) is 0 Å². The summed E-state index contributed by atoms with van der Waals surface area (Å²) in [6.45, 7) is 1.72. The number of nitrogens with zero attached hydrogens (tertiary/aromatic N) is 1. The van der Waals surface area contributed by atoms with Crippen LogP contribution < -0.4 is 5.73 Å². The standard InChI is InChI=1S/C8H16N2O2.2ClH/c1-10-4-3-6(8(9)11)7(5-10)12-2;;/h6-7H,3-5H2,1-2H3,(H2,9,11);2*1H. The van der Waals surface area contributed by atoms with Crippen molar-refractivity contribution in [3.63, 3.8) is 0 Å². The van der Waals surface area contributed by atoms with Gasteiger partial charge in [0.15, 0.2) is 0 Å². The van der Waals surface area contributed by atoms with E-state index in [9.17, 15) is 4.79 Å². The van der Waals surface area contributed by atoms with Crippen LogP contribution in [0, 0.1) is 5.92 Å². The molecule has 1 saturated heterocycles. The molecule has 1 aliphatic heterocycles. The molecule has 0 aromatic carbocycles. The first-order chi connectivity index (χ1) is 5.65. The van der Waals surface area contributed by atoms with E-state index in [-0.39, 0.29) is 42.7 Å². The lowest BCUT2D eigenvalue weighted by atomic mass is 9.93. The van der Waals surface area contributed by atoms with E-state index in [1.54, 1.807) is 7.11 Å². The van der Waals surface area contributed by atoms with Gasteiger partial charge in [-0.15, -0.1) is 24.8 Å². The van der Waals surface area contributed by atoms with Gasteiger partial charge in [-0.05, 0) is 20.0 Å². The highest BCUT2D eigenvalue weighted by molar-refractivity contribution is 5.85. The highest BCUT2D eigenvalue weighted by atomic mass is 35.5. The van der Waals surface area contributed by atoms with Crippen molar-refractivity contribution in [2.75, 3.05) is 27.2 Å². The maximum Gasteiger partial charge on any atom is 0.223 e. The second kappa shape index (κ2) is 7.29. The van der Waals surface area contributed by atoms with Gasteiger partial charge in [-0.25, -0.2) is 0 Å². The van der Waals surface area contributed by atoms with E-state index in [2.05, 4.69) is 4.90 Å². The molecule has 6 heteroatoms. The van der Waals surface area contributed by atoms with Crippen molar-refractivity contribution in [3.8, 4) is 0 Å². The number of halogens is 2. The van der Waals surface area contributed by atoms with Gasteiger partial charge >= 0.3 is 0 Å². The fourth-order valence-electron chi connectivity index (χ4n) is 1.64. The Morgan fingerprint density at radius 1 is 1.50 bits per heavy atom. The van der Waals surface area contributed by atoms with Crippen LogP contribution in [0.3, 0.4) is 0 Å². The third-order valence-corrected chi connectivity index (χ3v) is 2.43. The molecule has 0 spiro atoms. The van der Waals surface area contributed by atoms with Gasteiger partial charge in [0.05, 0.1) is 12.0 Å². The normalized spacial score (nSPS) is 27.3. The monoisotopic (exact) mass is 244 g/mol. The predicted octanol–water partition coefficient (Wildman–Crippen LogP) is 0.282. The number of likely N-dealkylation sites (N-methyl/N-ethyl adjacent to an activating group) is 1. The van der Waals surface area contributed by atoms with Gasteiger partial charge in [0.1, 0.15) is 0 Å². The van der Waals surface area contributed by atoms with Gasteiger partial charge < -0.3 is 15.4 Å². The van der Waals surface area contributed by atoms with Gasteiger partial charge in [0.2, 0.25) is 5.91 Å². The average molecular weight is 245 g/mol. The molecular formula is C8H18Cl2N2O2. The van der Waals surface area contributed by atoms with E-state index in [4.69, 9.17) is 10.5 Å². The lowest BCUT2D eigenvalue weighted by Crippen LogP contribution is -2.47. The van der Waals surface area contributed by atoms with Crippen LogP contribution in [-0.4, -0.2) is 44.2 Å². The zero-order valence-corrected chi connectivity index (χ0v) is 10.1. The lowest BCUT2D eigenvalue weighted by Gasteiger charge is -2.33. The Bertz CT molecular complexity index is 181. The second-order valence-electron chi connectivity index (χ2n) is 3.33. The summed E-state index contributed by atoms with van der Waals surface area (Å²) in [4.78, 5) is 13.1. The number of methoxy groups -OCH3 is 1. The zero-order chi connectivity index (χ0) is 9.14. The summed E-state index contributed by atoms with van der Waals surface area (Å²) in [7, 11) is 3.64. The van der Waals surface area contributed by atoms with Crippen LogP contribution in [0.5, 0.6) is 0 Å². The molecule has 0 aromatic heterocycles. The molecule has 0 radical (unpaired) electrons. The van der Waals surface area contributed by atoms with Crippen molar-refractivity contribution in [3.05, 3.63) is 0 Å². The minimum atomic E-state index is -0.241. The summed E-state index contributed by atoms with van der Waals surface area (Å²) in [5.74, 6) is -0.346. The topological polar surface area (TPSA) is 55.6 Å². The van der Waals surface area contributed by atoms with Crippen LogP contribution >= 0.6 is 24.8 Å². The van der Waals surface area contributed by atoms with E-state index < -0.39 is 0 Å². The first-order valence-electron chi connectivity index (χ1n) is 4.15. The third kappa shape index (κ3) is 4.00. The molecule has 0 saturated carbocycles. The van der Waals surface area contributed by atoms with Crippen molar-refractivity contribution in [2.24, 2.45) is 11.7 Å². The summed E-state index contributed by atoms with van der Waals surface area (Å²) < 4.78 is 5.19. The number of hydrogen-bond donors (Lipinski definition) is 1. The summed E-state index contributed by atoms with van der Waals surface area (Å²) in [6.07, 6.45) is 0.783. The summed E-state index contributed by atoms with van der Waals surface area (Å²) in [5, 5.41) is 0. The Hall–Kier alpha value is -0.0300. The van der Waals surface area contributed by atoms with Crippen LogP contribution in [0.15, 0.2) is 0 Å². The number of carbonyl (C=O) groups excluding carboxylic acids is 1. The van der Waals surface area contributed by atoms with Crippen molar-refractivity contribution in [1.29, 1.82) is 0 Å². The largest absolute Gasteiger partial charge is 0.379 e. The van der Waals surface area contributed by atoms with E-state index >= 15 is 0 Å². The van der Waals surface area contributed by atoms with Crippen LogP contribution in [0.1, 0.15) is 6.42 Å². The highest BCUT2D eigenvalue weighted by Crippen LogP contribution is 2.18. The highest BCUT2D eigenvalue weighted by Gasteiger charge is 2.31. The van der Waals surface area contributed by atoms with E-state index in [1.165, 1.54) is 0 Å². The van der Waals surface area contributed by atoms with Crippen molar-refractivity contribution < 1.29 is 9.53 Å². The molecule has 0 bridgehead atoms. The van der Waals surface area contributed by atoms with Crippen molar-refractivity contribution >= 4 is 30.7 Å². The summed E-state index contributed by atoms with van der Waals surface area (Å²) in [6, 6.07) is 0. The number of ether oxygens (including phenoxy) is 1. The Balaban J connectivity index is 0. The predicted molar refractivity (Wildman–Crippen MR) is 60.1 cm³/mol. The van der Waals surface area contributed by atoms with Crippen LogP contribution in [0.25, 0.3) is 0 Å². The van der Waals surface area contributed by atoms with E-state index in [0.29, 0.717) is 0 Å². The van der Waals surface area contributed by atoms with Gasteiger partial charge in [-0.2, -0.15) is 0 Å². The number of carbonyl (C=O) groups is 1. The number of piperidine rings is 1. The molecule has 14 heavy (non-hydrogen) atoms. The van der Waals surface area contributed by atoms with Crippen LogP contribution in [0.4, 0.5) is 0 Å². The Kier molecular flexibility index (Phi) is 8.54. The first-order valence-corrected chi connectivity index (χ1v) is 4.15. The molecular weight excluding hydrogens is 227 g/mol. The molecule has 1 fully saturated rings. The number of rotatable bonds is 2. The fraction of sp³-hybridized carbons (Fsp3) is 0.875. The molecule has 1 heterocycles. The molecule has 0 aromatic rings. The van der Waals surface area contributed by atoms with Crippen LogP contribution in [0.2, 0.25) is 0 Å². The molecule has 4 nitrogen and oxygen atoms in total. The Morgan fingerprint density at radius 3 is 2.50 bits per heavy atom. The average Bonchev–Trinajstić information content (AvgIpc) is 2.03. The maximum atomic E-state index is 11.0. The first kappa shape index (κ1) is 16.4.